The summed E-state index contributed by atoms with van der Waals surface area (Å²) in [5, 5.41) is 2.70. The van der Waals surface area contributed by atoms with Gasteiger partial charge in [-0.2, -0.15) is 13.2 Å². The molecule has 0 aliphatic carbocycles. The van der Waals surface area contributed by atoms with Gasteiger partial charge in [0, 0.05) is 5.02 Å². The molecule has 8 heteroatoms. The maximum absolute atomic E-state index is 12.3. The maximum Gasteiger partial charge on any atom is 0.422 e. The highest BCUT2D eigenvalue weighted by molar-refractivity contribution is 6.31. The molecule has 0 fully saturated rings. The number of hydrogen-bond acceptors (Lipinski definition) is 3. The summed E-state index contributed by atoms with van der Waals surface area (Å²) >= 11 is 5.84. The van der Waals surface area contributed by atoms with E-state index in [4.69, 9.17) is 21.1 Å². The number of para-hydroxylation sites is 1. The normalized spacial score (nSPS) is 11.2. The summed E-state index contributed by atoms with van der Waals surface area (Å²) in [7, 11) is 0. The molecule has 4 nitrogen and oxygen atoms in total. The van der Waals surface area contributed by atoms with E-state index >= 15 is 0 Å². The van der Waals surface area contributed by atoms with Gasteiger partial charge in [0.05, 0.1) is 5.69 Å². The zero-order chi connectivity index (χ0) is 19.3. The maximum atomic E-state index is 12.3. The first-order valence-electron chi connectivity index (χ1n) is 7.63. The predicted molar refractivity (Wildman–Crippen MR) is 93.0 cm³/mol. The molecule has 2 aromatic carbocycles. The van der Waals surface area contributed by atoms with Gasteiger partial charge in [0.25, 0.3) is 5.91 Å². The second-order valence-electron chi connectivity index (χ2n) is 5.60. The average molecular weight is 388 g/mol. The molecule has 0 bridgehead atoms. The summed E-state index contributed by atoms with van der Waals surface area (Å²) in [6, 6.07) is 9.50. The van der Waals surface area contributed by atoms with Crippen LogP contribution in [0.15, 0.2) is 36.4 Å². The molecule has 0 radical (unpaired) electrons. The predicted octanol–water partition coefficient (Wildman–Crippen LogP) is 4.92. The summed E-state index contributed by atoms with van der Waals surface area (Å²) < 4.78 is 47.3. The Kier molecular flexibility index (Phi) is 6.37. The molecule has 0 aliphatic heterocycles. The van der Waals surface area contributed by atoms with Crippen LogP contribution in [0.3, 0.4) is 0 Å². The zero-order valence-corrected chi connectivity index (χ0v) is 14.9. The molecular weight excluding hydrogens is 371 g/mol. The number of benzene rings is 2. The van der Waals surface area contributed by atoms with Crippen molar-refractivity contribution in [2.24, 2.45) is 0 Å². The van der Waals surface area contributed by atoms with Crippen molar-refractivity contribution >= 4 is 23.2 Å². The van der Waals surface area contributed by atoms with Crippen molar-refractivity contribution in [1.29, 1.82) is 0 Å². The van der Waals surface area contributed by atoms with Gasteiger partial charge in [-0.1, -0.05) is 29.8 Å². The number of anilines is 1. The Balaban J connectivity index is 2.05. The molecule has 26 heavy (non-hydrogen) atoms. The third kappa shape index (κ3) is 5.84. The van der Waals surface area contributed by atoms with Crippen LogP contribution in [-0.4, -0.2) is 25.3 Å². The lowest BCUT2D eigenvalue weighted by molar-refractivity contribution is -0.153. The number of alkyl halides is 3. The molecule has 0 aliphatic rings. The Morgan fingerprint density at radius 1 is 1.12 bits per heavy atom. The molecule has 0 unspecified atom stereocenters. The van der Waals surface area contributed by atoms with Crippen LogP contribution in [0.25, 0.3) is 0 Å². The Morgan fingerprint density at radius 2 is 1.77 bits per heavy atom. The van der Waals surface area contributed by atoms with Gasteiger partial charge in [0.2, 0.25) is 0 Å². The minimum absolute atomic E-state index is 0.0388. The second-order valence-corrected chi connectivity index (χ2v) is 6.04. The van der Waals surface area contributed by atoms with Crippen LogP contribution in [0.4, 0.5) is 18.9 Å². The van der Waals surface area contributed by atoms with Crippen LogP contribution in [0, 0.1) is 13.8 Å². The monoisotopic (exact) mass is 387 g/mol. The Labute approximate surface area is 153 Å². The van der Waals surface area contributed by atoms with Crippen molar-refractivity contribution in [3.63, 3.8) is 0 Å². The fourth-order valence-electron chi connectivity index (χ4n) is 2.24. The van der Waals surface area contributed by atoms with Crippen molar-refractivity contribution in [3.8, 4) is 11.5 Å². The highest BCUT2D eigenvalue weighted by atomic mass is 35.5. The topological polar surface area (TPSA) is 47.6 Å². The lowest BCUT2D eigenvalue weighted by atomic mass is 10.1. The molecule has 0 saturated carbocycles. The number of aryl methyl sites for hydroxylation is 2. The lowest BCUT2D eigenvalue weighted by Gasteiger charge is -2.15. The van der Waals surface area contributed by atoms with Gasteiger partial charge >= 0.3 is 6.18 Å². The number of halogens is 4. The van der Waals surface area contributed by atoms with Gasteiger partial charge in [0.1, 0.15) is 11.5 Å². The van der Waals surface area contributed by atoms with Gasteiger partial charge < -0.3 is 14.8 Å². The van der Waals surface area contributed by atoms with Crippen molar-refractivity contribution in [1.82, 2.24) is 0 Å². The number of carbonyl (C=O) groups is 1. The summed E-state index contributed by atoms with van der Waals surface area (Å²) in [6.07, 6.45) is -4.49. The molecule has 2 aromatic rings. The first-order chi connectivity index (χ1) is 12.2. The van der Waals surface area contributed by atoms with Crippen LogP contribution in [-0.2, 0) is 4.79 Å². The van der Waals surface area contributed by atoms with E-state index < -0.39 is 18.7 Å². The Bertz CT molecular complexity index is 773. The van der Waals surface area contributed by atoms with Crippen LogP contribution >= 0.6 is 11.6 Å². The van der Waals surface area contributed by atoms with Gasteiger partial charge in [-0.3, -0.25) is 4.79 Å². The molecule has 140 valence electrons. The summed E-state index contributed by atoms with van der Waals surface area (Å²) in [5.41, 5.74) is 1.78. The third-order valence-corrected chi connectivity index (χ3v) is 3.60. The van der Waals surface area contributed by atoms with Crippen molar-refractivity contribution < 1.29 is 27.4 Å². The van der Waals surface area contributed by atoms with Gasteiger partial charge in [-0.05, 0) is 43.2 Å². The van der Waals surface area contributed by atoms with E-state index in [2.05, 4.69) is 5.32 Å². The quantitative estimate of drug-likeness (QED) is 0.765. The SMILES string of the molecule is Cc1cccc(C)c1OCC(=O)Nc1cc(Cl)ccc1OCC(F)(F)F. The Hall–Kier alpha value is -2.41. The largest absolute Gasteiger partial charge is 0.483 e. The molecule has 2 rings (SSSR count). The standard InChI is InChI=1S/C18H17ClF3NO3/c1-11-4-3-5-12(2)17(11)25-9-16(24)23-14-8-13(19)6-7-15(14)26-10-18(20,21)22/h3-8H,9-10H2,1-2H3,(H,23,24). The van der Waals surface area contributed by atoms with Crippen LogP contribution in [0.5, 0.6) is 11.5 Å². The highest BCUT2D eigenvalue weighted by Gasteiger charge is 2.29. The van der Waals surface area contributed by atoms with Crippen LogP contribution in [0.2, 0.25) is 5.02 Å². The van der Waals surface area contributed by atoms with Crippen LogP contribution in [0.1, 0.15) is 11.1 Å². The van der Waals surface area contributed by atoms with Crippen molar-refractivity contribution in [2.75, 3.05) is 18.5 Å². The number of carbonyl (C=O) groups excluding carboxylic acids is 1. The van der Waals surface area contributed by atoms with E-state index in [9.17, 15) is 18.0 Å². The molecule has 0 spiro atoms. The van der Waals surface area contributed by atoms with E-state index in [1.165, 1.54) is 18.2 Å². The van der Waals surface area contributed by atoms with Crippen LogP contribution < -0.4 is 14.8 Å². The fourth-order valence-corrected chi connectivity index (χ4v) is 2.41. The van der Waals surface area contributed by atoms with E-state index in [1.807, 2.05) is 32.0 Å². The smallest absolute Gasteiger partial charge is 0.422 e. The summed E-state index contributed by atoms with van der Waals surface area (Å²) in [5.74, 6) is -0.0961. The van der Waals surface area contributed by atoms with E-state index in [0.717, 1.165) is 11.1 Å². The van der Waals surface area contributed by atoms with Crippen molar-refractivity contribution in [3.05, 3.63) is 52.5 Å². The van der Waals surface area contributed by atoms with Gasteiger partial charge in [-0.25, -0.2) is 0 Å². The zero-order valence-electron chi connectivity index (χ0n) is 14.1. The van der Waals surface area contributed by atoms with Gasteiger partial charge in [0.15, 0.2) is 13.2 Å². The number of ether oxygens (including phenoxy) is 2. The van der Waals surface area contributed by atoms with E-state index in [-0.39, 0.29) is 23.1 Å². The van der Waals surface area contributed by atoms with Gasteiger partial charge in [-0.15, -0.1) is 0 Å². The highest BCUT2D eigenvalue weighted by Crippen LogP contribution is 2.30. The molecule has 0 atom stereocenters. The summed E-state index contributed by atoms with van der Waals surface area (Å²) in [6.45, 7) is 1.91. The van der Waals surface area contributed by atoms with Crippen molar-refractivity contribution in [2.45, 2.75) is 20.0 Å². The Morgan fingerprint density at radius 3 is 2.38 bits per heavy atom. The fraction of sp³-hybridized carbons (Fsp3) is 0.278. The summed E-state index contributed by atoms with van der Waals surface area (Å²) in [4.78, 5) is 12.1. The number of amides is 1. The molecule has 1 amide bonds. The first-order valence-corrected chi connectivity index (χ1v) is 8.01. The lowest BCUT2D eigenvalue weighted by Crippen LogP contribution is -2.23. The molecule has 1 N–H and O–H groups in total. The van der Waals surface area contributed by atoms with E-state index in [1.54, 1.807) is 0 Å². The minimum atomic E-state index is -4.49. The number of hydrogen-bond donors (Lipinski definition) is 1. The number of nitrogens with one attached hydrogen (secondary N) is 1. The molecular formula is C18H17ClF3NO3. The second kappa shape index (κ2) is 8.31. The minimum Gasteiger partial charge on any atom is -0.483 e. The van der Waals surface area contributed by atoms with E-state index in [0.29, 0.717) is 5.75 Å². The molecule has 0 saturated heterocycles. The number of rotatable bonds is 6. The molecule has 0 aromatic heterocycles. The first kappa shape index (κ1) is 19.9. The third-order valence-electron chi connectivity index (χ3n) is 3.36. The molecule has 0 heterocycles. The average Bonchev–Trinajstić information content (AvgIpc) is 2.52.